The molecule has 0 aromatic heterocycles. The minimum Gasteiger partial charge on any atom is -0.302 e. The van der Waals surface area contributed by atoms with Gasteiger partial charge in [-0.05, 0) is 26.0 Å². The Balaban J connectivity index is 2.34. The molecule has 1 aliphatic rings. The van der Waals surface area contributed by atoms with E-state index in [4.69, 9.17) is 0 Å². The summed E-state index contributed by atoms with van der Waals surface area (Å²) in [6.45, 7) is 3.62. The van der Waals surface area contributed by atoms with E-state index in [0.29, 0.717) is 6.29 Å². The van der Waals surface area contributed by atoms with Gasteiger partial charge in [-0.2, -0.15) is 4.31 Å². The van der Waals surface area contributed by atoms with E-state index < -0.39 is 16.1 Å². The van der Waals surface area contributed by atoms with Crippen LogP contribution >= 0.6 is 0 Å². The van der Waals surface area contributed by atoms with Crippen LogP contribution in [0.2, 0.25) is 0 Å². The number of rotatable bonds is 3. The molecule has 0 N–H and O–H groups in total. The third-order valence-electron chi connectivity index (χ3n) is 2.84. The standard InChI is InChI=1S/C11H13NO3S/c1-8-3-5-10(6-4-8)16(14,15)12-9(2)11(12)7-13/h3-7,9,11H,1-2H3/t9-,11-,12?/m0/s1. The lowest BCUT2D eigenvalue weighted by Gasteiger charge is -2.05. The monoisotopic (exact) mass is 239 g/mol. The minimum absolute atomic E-state index is 0.219. The van der Waals surface area contributed by atoms with Crippen LogP contribution in [0.1, 0.15) is 12.5 Å². The zero-order chi connectivity index (χ0) is 11.9. The highest BCUT2D eigenvalue weighted by atomic mass is 32.2. The number of hydrogen-bond donors (Lipinski definition) is 0. The molecule has 1 unspecified atom stereocenters. The maximum atomic E-state index is 12.1. The molecule has 16 heavy (non-hydrogen) atoms. The molecule has 86 valence electrons. The molecule has 1 saturated heterocycles. The van der Waals surface area contributed by atoms with Crippen molar-refractivity contribution >= 4 is 16.3 Å². The summed E-state index contributed by atoms with van der Waals surface area (Å²) in [5.41, 5.74) is 1.00. The molecule has 0 aliphatic carbocycles. The summed E-state index contributed by atoms with van der Waals surface area (Å²) in [5, 5.41) is 0. The van der Waals surface area contributed by atoms with Crippen molar-refractivity contribution in [2.75, 3.05) is 0 Å². The Hall–Kier alpha value is -1.20. The van der Waals surface area contributed by atoms with E-state index in [0.717, 1.165) is 5.56 Å². The largest absolute Gasteiger partial charge is 0.302 e. The van der Waals surface area contributed by atoms with E-state index in [2.05, 4.69) is 0 Å². The average Bonchev–Trinajstić information content (AvgIpc) is 2.90. The Morgan fingerprint density at radius 3 is 2.25 bits per heavy atom. The first kappa shape index (κ1) is 11.3. The zero-order valence-electron chi connectivity index (χ0n) is 9.12. The highest BCUT2D eigenvalue weighted by Crippen LogP contribution is 2.34. The van der Waals surface area contributed by atoms with Crippen LogP contribution in [-0.2, 0) is 14.8 Å². The maximum absolute atomic E-state index is 12.1. The quantitative estimate of drug-likeness (QED) is 0.583. The van der Waals surface area contributed by atoms with Crippen molar-refractivity contribution in [2.24, 2.45) is 0 Å². The number of hydrogen-bond acceptors (Lipinski definition) is 3. The van der Waals surface area contributed by atoms with Gasteiger partial charge in [0.25, 0.3) is 0 Å². The number of benzene rings is 1. The molecule has 4 nitrogen and oxygen atoms in total. The van der Waals surface area contributed by atoms with Crippen LogP contribution in [-0.4, -0.2) is 31.1 Å². The smallest absolute Gasteiger partial charge is 0.244 e. The number of carbonyl (C=O) groups excluding carboxylic acids is 1. The van der Waals surface area contributed by atoms with Crippen molar-refractivity contribution in [1.29, 1.82) is 0 Å². The van der Waals surface area contributed by atoms with Crippen LogP contribution < -0.4 is 0 Å². The fourth-order valence-electron chi connectivity index (χ4n) is 1.73. The third kappa shape index (κ3) is 1.66. The van der Waals surface area contributed by atoms with Crippen molar-refractivity contribution in [1.82, 2.24) is 4.31 Å². The number of nitrogens with zero attached hydrogens (tertiary/aromatic N) is 1. The molecular weight excluding hydrogens is 226 g/mol. The molecule has 1 aromatic carbocycles. The Kier molecular flexibility index (Phi) is 2.59. The highest BCUT2D eigenvalue weighted by molar-refractivity contribution is 7.89. The number of aryl methyl sites for hydroxylation is 1. The molecule has 1 aromatic rings. The first-order valence-electron chi connectivity index (χ1n) is 5.04. The molecule has 3 atom stereocenters. The maximum Gasteiger partial charge on any atom is 0.244 e. The van der Waals surface area contributed by atoms with E-state index in [-0.39, 0.29) is 10.9 Å². The Labute approximate surface area is 94.9 Å². The third-order valence-corrected chi connectivity index (χ3v) is 4.83. The van der Waals surface area contributed by atoms with Crippen molar-refractivity contribution in [2.45, 2.75) is 30.8 Å². The van der Waals surface area contributed by atoms with E-state index in [1.54, 1.807) is 31.2 Å². The number of carbonyl (C=O) groups is 1. The number of sulfonamides is 1. The lowest BCUT2D eigenvalue weighted by molar-refractivity contribution is -0.107. The summed E-state index contributed by atoms with van der Waals surface area (Å²) < 4.78 is 25.3. The van der Waals surface area contributed by atoms with Crippen molar-refractivity contribution in [3.8, 4) is 0 Å². The Morgan fingerprint density at radius 2 is 1.81 bits per heavy atom. The van der Waals surface area contributed by atoms with Gasteiger partial charge in [0.15, 0.2) is 0 Å². The van der Waals surface area contributed by atoms with E-state index in [1.807, 2.05) is 6.92 Å². The first-order chi connectivity index (χ1) is 7.48. The lowest BCUT2D eigenvalue weighted by atomic mass is 10.2. The van der Waals surface area contributed by atoms with Gasteiger partial charge in [-0.15, -0.1) is 0 Å². The van der Waals surface area contributed by atoms with Crippen molar-refractivity contribution in [3.05, 3.63) is 29.8 Å². The number of aldehydes is 1. The van der Waals surface area contributed by atoms with Gasteiger partial charge in [0, 0.05) is 6.04 Å². The normalized spacial score (nSPS) is 28.8. The van der Waals surface area contributed by atoms with Crippen molar-refractivity contribution in [3.63, 3.8) is 0 Å². The minimum atomic E-state index is -3.49. The summed E-state index contributed by atoms with van der Waals surface area (Å²) >= 11 is 0. The Bertz CT molecular complexity index is 507. The second kappa shape index (κ2) is 3.68. The summed E-state index contributed by atoms with van der Waals surface area (Å²) in [5.74, 6) is 0. The second-order valence-corrected chi connectivity index (χ2v) is 5.86. The molecule has 0 bridgehead atoms. The lowest BCUT2D eigenvalue weighted by Crippen LogP contribution is -2.15. The fourth-order valence-corrected chi connectivity index (χ4v) is 3.51. The fraction of sp³-hybridized carbons (Fsp3) is 0.364. The van der Waals surface area contributed by atoms with E-state index in [9.17, 15) is 13.2 Å². The molecule has 0 spiro atoms. The molecule has 1 heterocycles. The van der Waals surface area contributed by atoms with Crippen LogP contribution in [0.25, 0.3) is 0 Å². The topological polar surface area (TPSA) is 54.2 Å². The second-order valence-electron chi connectivity index (χ2n) is 4.02. The molecule has 1 fully saturated rings. The van der Waals surface area contributed by atoms with Gasteiger partial charge in [-0.3, -0.25) is 0 Å². The molecule has 2 rings (SSSR count). The van der Waals surface area contributed by atoms with Crippen LogP contribution in [0.3, 0.4) is 0 Å². The highest BCUT2D eigenvalue weighted by Gasteiger charge is 2.52. The molecule has 0 saturated carbocycles. The summed E-state index contributed by atoms with van der Waals surface area (Å²) in [6.07, 6.45) is 0.677. The van der Waals surface area contributed by atoms with Gasteiger partial charge in [0.2, 0.25) is 10.0 Å². The molecule has 0 radical (unpaired) electrons. The van der Waals surface area contributed by atoms with Gasteiger partial charge in [-0.25, -0.2) is 8.42 Å². The first-order valence-corrected chi connectivity index (χ1v) is 6.48. The van der Waals surface area contributed by atoms with Gasteiger partial charge < -0.3 is 4.79 Å². The molecule has 1 aliphatic heterocycles. The molecule has 5 heteroatoms. The van der Waals surface area contributed by atoms with Crippen molar-refractivity contribution < 1.29 is 13.2 Å². The molecular formula is C11H13NO3S. The van der Waals surface area contributed by atoms with Gasteiger partial charge in [0.05, 0.1) is 10.9 Å². The zero-order valence-corrected chi connectivity index (χ0v) is 9.94. The van der Waals surface area contributed by atoms with E-state index >= 15 is 0 Å². The predicted octanol–water partition coefficient (Wildman–Crippen LogP) is 0.955. The van der Waals surface area contributed by atoms with Crippen LogP contribution in [0, 0.1) is 6.92 Å². The van der Waals surface area contributed by atoms with Gasteiger partial charge in [-0.1, -0.05) is 17.7 Å². The average molecular weight is 239 g/mol. The van der Waals surface area contributed by atoms with Crippen LogP contribution in [0.5, 0.6) is 0 Å². The molecule has 0 amide bonds. The summed E-state index contributed by atoms with van der Waals surface area (Å²) in [6, 6.07) is 5.92. The van der Waals surface area contributed by atoms with Gasteiger partial charge in [0.1, 0.15) is 6.29 Å². The van der Waals surface area contributed by atoms with E-state index in [1.165, 1.54) is 4.31 Å². The van der Waals surface area contributed by atoms with Crippen LogP contribution in [0.4, 0.5) is 0 Å². The van der Waals surface area contributed by atoms with Crippen LogP contribution in [0.15, 0.2) is 29.2 Å². The summed E-state index contributed by atoms with van der Waals surface area (Å²) in [7, 11) is -3.49. The van der Waals surface area contributed by atoms with Gasteiger partial charge >= 0.3 is 0 Å². The predicted molar refractivity (Wildman–Crippen MR) is 59.5 cm³/mol. The Morgan fingerprint density at radius 1 is 1.25 bits per heavy atom. The SMILES string of the molecule is Cc1ccc(S(=O)(=O)N2[C@@H](C)[C@@H]2C=O)cc1. The summed E-state index contributed by atoms with van der Waals surface area (Å²) in [4.78, 5) is 10.9.